The van der Waals surface area contributed by atoms with E-state index < -0.39 is 0 Å². The van der Waals surface area contributed by atoms with Crippen LogP contribution in [0.1, 0.15) is 31.6 Å². The second kappa shape index (κ2) is 5.39. The number of piperidine rings is 1. The van der Waals surface area contributed by atoms with Crippen LogP contribution in [0.3, 0.4) is 0 Å². The van der Waals surface area contributed by atoms with Crippen LogP contribution in [-0.4, -0.2) is 30.1 Å². The van der Waals surface area contributed by atoms with Gasteiger partial charge in [0.05, 0.1) is 0 Å². The van der Waals surface area contributed by atoms with Gasteiger partial charge in [0.25, 0.3) is 0 Å². The van der Waals surface area contributed by atoms with Gasteiger partial charge in [-0.15, -0.1) is 11.3 Å². The lowest BCUT2D eigenvalue weighted by atomic mass is 9.88. The Kier molecular flexibility index (Phi) is 4.29. The third kappa shape index (κ3) is 3.78. The lowest BCUT2D eigenvalue weighted by molar-refractivity contribution is 0.139. The zero-order chi connectivity index (χ0) is 12.5. The van der Waals surface area contributed by atoms with E-state index in [-0.39, 0.29) is 5.54 Å². The van der Waals surface area contributed by atoms with E-state index in [0.717, 1.165) is 13.1 Å². The van der Waals surface area contributed by atoms with Crippen molar-refractivity contribution in [3.8, 4) is 0 Å². The highest BCUT2D eigenvalue weighted by Crippen LogP contribution is 2.25. The third-order valence-corrected chi connectivity index (χ3v) is 5.16. The van der Waals surface area contributed by atoms with Crippen LogP contribution in [0.4, 0.5) is 0 Å². The molecule has 1 atom stereocenters. The second-order valence-corrected chi connectivity index (χ2v) is 7.52. The van der Waals surface area contributed by atoms with Crippen molar-refractivity contribution >= 4 is 27.3 Å². The first-order chi connectivity index (χ1) is 7.96. The minimum atomic E-state index is 0.285. The summed E-state index contributed by atoms with van der Waals surface area (Å²) in [6.07, 6.45) is 2.49. The zero-order valence-corrected chi connectivity index (χ0v) is 13.2. The summed E-state index contributed by atoms with van der Waals surface area (Å²) >= 11 is 5.36. The highest BCUT2D eigenvalue weighted by molar-refractivity contribution is 9.10. The molecule has 2 heterocycles. The smallest absolute Gasteiger partial charge is 0.0328 e. The largest absolute Gasteiger partial charge is 0.312 e. The van der Waals surface area contributed by atoms with Crippen molar-refractivity contribution in [1.29, 1.82) is 0 Å². The molecule has 0 spiro atoms. The summed E-state index contributed by atoms with van der Waals surface area (Å²) in [5.74, 6) is 0. The maximum absolute atomic E-state index is 3.58. The lowest BCUT2D eigenvalue weighted by Crippen LogP contribution is -2.52. The van der Waals surface area contributed by atoms with Crippen LogP contribution in [0.15, 0.2) is 15.9 Å². The quantitative estimate of drug-likeness (QED) is 0.918. The number of rotatable bonds is 3. The Morgan fingerprint density at radius 2 is 2.35 bits per heavy atom. The maximum atomic E-state index is 3.58. The van der Waals surface area contributed by atoms with Crippen molar-refractivity contribution < 1.29 is 0 Å². The second-order valence-electron chi connectivity index (χ2n) is 5.60. The van der Waals surface area contributed by atoms with E-state index in [1.54, 1.807) is 0 Å². The Hall–Kier alpha value is 0.1000. The number of halogens is 1. The number of hydrogen-bond donors (Lipinski definition) is 1. The first-order valence-corrected chi connectivity index (χ1v) is 7.82. The summed E-state index contributed by atoms with van der Waals surface area (Å²) in [6.45, 7) is 6.80. The van der Waals surface area contributed by atoms with Gasteiger partial charge in [-0.2, -0.15) is 0 Å². The van der Waals surface area contributed by atoms with Gasteiger partial charge in [0.15, 0.2) is 0 Å². The highest BCUT2D eigenvalue weighted by Gasteiger charge is 2.29. The molecule has 2 rings (SSSR count). The van der Waals surface area contributed by atoms with Gasteiger partial charge in [-0.05, 0) is 62.3 Å². The normalized spacial score (nSPS) is 24.2. The Labute approximate surface area is 117 Å². The SMILES string of the molecule is CN(Cc1cc(Br)cs1)C1CCNC(C)(C)C1. The molecular formula is C13H21BrN2S. The van der Waals surface area contributed by atoms with Crippen LogP contribution in [0.2, 0.25) is 0 Å². The van der Waals surface area contributed by atoms with Gasteiger partial charge in [0.1, 0.15) is 0 Å². The van der Waals surface area contributed by atoms with Crippen LogP contribution in [-0.2, 0) is 6.54 Å². The Morgan fingerprint density at radius 1 is 1.59 bits per heavy atom. The van der Waals surface area contributed by atoms with Gasteiger partial charge in [-0.1, -0.05) is 0 Å². The fourth-order valence-corrected chi connectivity index (χ4v) is 4.04. The van der Waals surface area contributed by atoms with Gasteiger partial charge in [-0.25, -0.2) is 0 Å². The summed E-state index contributed by atoms with van der Waals surface area (Å²) in [6, 6.07) is 2.93. The summed E-state index contributed by atoms with van der Waals surface area (Å²) in [7, 11) is 2.25. The predicted molar refractivity (Wildman–Crippen MR) is 78.6 cm³/mol. The molecule has 1 aliphatic rings. The molecule has 1 aliphatic heterocycles. The molecule has 0 saturated carbocycles. The molecule has 1 aromatic heterocycles. The molecular weight excluding hydrogens is 296 g/mol. The fraction of sp³-hybridized carbons (Fsp3) is 0.692. The van der Waals surface area contributed by atoms with Gasteiger partial charge >= 0.3 is 0 Å². The van der Waals surface area contributed by atoms with Crippen LogP contribution in [0.5, 0.6) is 0 Å². The van der Waals surface area contributed by atoms with Crippen LogP contribution in [0.25, 0.3) is 0 Å². The van der Waals surface area contributed by atoms with Crippen molar-refractivity contribution in [2.45, 2.75) is 44.8 Å². The summed E-state index contributed by atoms with van der Waals surface area (Å²) in [5, 5.41) is 5.74. The monoisotopic (exact) mass is 316 g/mol. The molecule has 1 unspecified atom stereocenters. The van der Waals surface area contributed by atoms with Gasteiger partial charge in [-0.3, -0.25) is 4.90 Å². The van der Waals surface area contributed by atoms with Crippen LogP contribution < -0.4 is 5.32 Å². The molecule has 4 heteroatoms. The first kappa shape index (κ1) is 13.5. The number of hydrogen-bond acceptors (Lipinski definition) is 3. The maximum Gasteiger partial charge on any atom is 0.0328 e. The summed E-state index contributed by atoms with van der Waals surface area (Å²) < 4.78 is 1.21. The van der Waals surface area contributed by atoms with E-state index in [4.69, 9.17) is 0 Å². The summed E-state index contributed by atoms with van der Waals surface area (Å²) in [4.78, 5) is 3.94. The molecule has 0 radical (unpaired) electrons. The Balaban J connectivity index is 1.93. The molecule has 0 aliphatic carbocycles. The molecule has 1 saturated heterocycles. The van der Waals surface area contributed by atoms with Gasteiger partial charge in [0.2, 0.25) is 0 Å². The molecule has 0 amide bonds. The number of thiophene rings is 1. The van der Waals surface area contributed by atoms with E-state index >= 15 is 0 Å². The van der Waals surface area contributed by atoms with Gasteiger partial charge in [0, 0.05) is 32.9 Å². The molecule has 1 fully saturated rings. The third-order valence-electron chi connectivity index (χ3n) is 3.48. The molecule has 17 heavy (non-hydrogen) atoms. The van der Waals surface area contributed by atoms with Crippen molar-refractivity contribution in [3.63, 3.8) is 0 Å². The average Bonchev–Trinajstić information content (AvgIpc) is 2.62. The Morgan fingerprint density at radius 3 is 2.94 bits per heavy atom. The van der Waals surface area contributed by atoms with Crippen molar-refractivity contribution in [2.75, 3.05) is 13.6 Å². The molecule has 0 bridgehead atoms. The van der Waals surface area contributed by atoms with E-state index in [2.05, 4.69) is 58.5 Å². The molecule has 0 aromatic carbocycles. The van der Waals surface area contributed by atoms with Crippen molar-refractivity contribution in [3.05, 3.63) is 20.8 Å². The van der Waals surface area contributed by atoms with Gasteiger partial charge < -0.3 is 5.32 Å². The minimum Gasteiger partial charge on any atom is -0.312 e. The minimum absolute atomic E-state index is 0.285. The van der Waals surface area contributed by atoms with E-state index in [0.29, 0.717) is 6.04 Å². The number of nitrogens with zero attached hydrogens (tertiary/aromatic N) is 1. The molecule has 96 valence electrons. The van der Waals surface area contributed by atoms with E-state index in [1.807, 2.05) is 11.3 Å². The zero-order valence-electron chi connectivity index (χ0n) is 10.8. The average molecular weight is 317 g/mol. The summed E-state index contributed by atoms with van der Waals surface area (Å²) in [5.41, 5.74) is 0.285. The fourth-order valence-electron chi connectivity index (χ4n) is 2.53. The molecule has 2 nitrogen and oxygen atoms in total. The van der Waals surface area contributed by atoms with E-state index in [1.165, 1.54) is 22.2 Å². The standard InChI is InChI=1S/C13H21BrN2S/c1-13(2)7-11(4-5-15-13)16(3)8-12-6-10(14)9-17-12/h6,9,11,15H,4-5,7-8H2,1-3H3. The van der Waals surface area contributed by atoms with Crippen molar-refractivity contribution in [2.24, 2.45) is 0 Å². The highest BCUT2D eigenvalue weighted by atomic mass is 79.9. The topological polar surface area (TPSA) is 15.3 Å². The van der Waals surface area contributed by atoms with Crippen molar-refractivity contribution in [1.82, 2.24) is 10.2 Å². The number of nitrogens with one attached hydrogen (secondary N) is 1. The molecule has 1 N–H and O–H groups in total. The Bertz CT molecular complexity index is 375. The van der Waals surface area contributed by atoms with Crippen LogP contribution >= 0.6 is 27.3 Å². The first-order valence-electron chi connectivity index (χ1n) is 6.14. The van der Waals surface area contributed by atoms with Crippen LogP contribution in [0, 0.1) is 0 Å². The van der Waals surface area contributed by atoms with E-state index in [9.17, 15) is 0 Å². The lowest BCUT2D eigenvalue weighted by Gasteiger charge is -2.40. The molecule has 1 aromatic rings. The predicted octanol–water partition coefficient (Wildman–Crippen LogP) is 3.47.